The molecule has 0 aromatic carbocycles. The third kappa shape index (κ3) is 2.42. The predicted molar refractivity (Wildman–Crippen MR) is 74.0 cm³/mol. The lowest BCUT2D eigenvalue weighted by Crippen LogP contribution is -2.01. The van der Waals surface area contributed by atoms with Gasteiger partial charge in [0.25, 0.3) is 0 Å². The fourth-order valence-electron chi connectivity index (χ4n) is 1.53. The predicted octanol–water partition coefficient (Wildman–Crippen LogP) is 2.15. The summed E-state index contributed by atoms with van der Waals surface area (Å²) in [5.74, 6) is 1.06. The maximum Gasteiger partial charge on any atom is 0.213 e. The number of aromatic nitrogens is 4. The topological polar surface area (TPSA) is 103 Å². The van der Waals surface area contributed by atoms with Gasteiger partial charge in [0, 0.05) is 11.1 Å². The van der Waals surface area contributed by atoms with Gasteiger partial charge in [0.2, 0.25) is 6.39 Å². The Hall–Kier alpha value is -2.00. The van der Waals surface area contributed by atoms with Crippen LogP contribution in [0.4, 0.5) is 10.8 Å². The van der Waals surface area contributed by atoms with Crippen LogP contribution in [-0.4, -0.2) is 19.5 Å². The maximum absolute atomic E-state index is 5.91. The Bertz CT molecular complexity index is 674. The third-order valence-corrected chi connectivity index (χ3v) is 4.16. The third-order valence-electron chi connectivity index (χ3n) is 2.37. The zero-order valence-corrected chi connectivity index (χ0v) is 11.6. The van der Waals surface area contributed by atoms with Gasteiger partial charge in [0.1, 0.15) is 15.8 Å². The minimum Gasteiger partial charge on any atom is -0.382 e. The molecule has 3 heterocycles. The summed E-state index contributed by atoms with van der Waals surface area (Å²) in [6.45, 7) is 2.40. The summed E-state index contributed by atoms with van der Waals surface area (Å²) in [5, 5.41) is 10.6. The Balaban J connectivity index is 1.86. The van der Waals surface area contributed by atoms with Gasteiger partial charge in [0.05, 0.1) is 12.1 Å². The second-order valence-electron chi connectivity index (χ2n) is 3.77. The van der Waals surface area contributed by atoms with E-state index in [9.17, 15) is 0 Å². The molecule has 0 atom stereocenters. The molecule has 0 amide bonds. The molecule has 0 aliphatic heterocycles. The summed E-state index contributed by atoms with van der Waals surface area (Å²) in [5.41, 5.74) is 7.71. The summed E-state index contributed by atoms with van der Waals surface area (Å²) in [7, 11) is 0. The maximum atomic E-state index is 5.91. The van der Waals surface area contributed by atoms with E-state index in [1.807, 2.05) is 12.3 Å². The summed E-state index contributed by atoms with van der Waals surface area (Å²) < 4.78 is 8.84. The van der Waals surface area contributed by atoms with Crippen LogP contribution in [0.1, 0.15) is 11.5 Å². The molecule has 0 unspecified atom stereocenters. The molecule has 19 heavy (non-hydrogen) atoms. The van der Waals surface area contributed by atoms with Gasteiger partial charge in [-0.05, 0) is 18.5 Å². The van der Waals surface area contributed by atoms with Gasteiger partial charge in [-0.1, -0.05) is 5.16 Å². The molecule has 0 bridgehead atoms. The zero-order valence-electron chi connectivity index (χ0n) is 9.95. The fourth-order valence-corrected chi connectivity index (χ4v) is 3.16. The summed E-state index contributed by atoms with van der Waals surface area (Å²) in [6, 6.07) is 0. The summed E-state index contributed by atoms with van der Waals surface area (Å²) in [4.78, 5) is 8.38. The molecular formula is C10H10N6OS2. The smallest absolute Gasteiger partial charge is 0.213 e. The number of nitrogens with one attached hydrogen (secondary N) is 1. The molecule has 3 N–H and O–H groups in total. The van der Waals surface area contributed by atoms with Crippen LogP contribution >= 0.6 is 22.9 Å². The minimum atomic E-state index is 0.454. The first-order valence-electron chi connectivity index (χ1n) is 5.41. The molecule has 3 aromatic rings. The first-order chi connectivity index (χ1) is 9.24. The number of nitrogen functional groups attached to an aromatic ring is 1. The number of anilines is 2. The summed E-state index contributed by atoms with van der Waals surface area (Å²) in [6.07, 6.45) is 1.29. The number of nitrogens with zero attached hydrogens (tertiary/aromatic N) is 4. The highest BCUT2D eigenvalue weighted by atomic mass is 32.1. The highest BCUT2D eigenvalue weighted by Gasteiger charge is 2.16. The Labute approximate surface area is 116 Å². The van der Waals surface area contributed by atoms with Crippen molar-refractivity contribution in [3.63, 3.8) is 0 Å². The molecule has 7 nitrogen and oxygen atoms in total. The van der Waals surface area contributed by atoms with Crippen molar-refractivity contribution >= 4 is 33.7 Å². The SMILES string of the molecule is Cc1csc(-c2c(N)nsc2NCc2ncon2)n1. The van der Waals surface area contributed by atoms with E-state index in [4.69, 9.17) is 5.73 Å². The van der Waals surface area contributed by atoms with E-state index in [0.717, 1.165) is 21.3 Å². The molecule has 0 saturated carbocycles. The first-order valence-corrected chi connectivity index (χ1v) is 7.06. The standard InChI is InChI=1S/C10H10N6OS2/c1-5-3-18-10(14-5)7-8(11)16-19-9(7)12-2-6-13-4-17-15-6/h3-4,12H,2H2,1H3,(H2,11,16). The average molecular weight is 294 g/mol. The van der Waals surface area contributed by atoms with E-state index in [-0.39, 0.29) is 0 Å². The van der Waals surface area contributed by atoms with Crippen LogP contribution in [0, 0.1) is 6.92 Å². The van der Waals surface area contributed by atoms with E-state index < -0.39 is 0 Å². The van der Waals surface area contributed by atoms with Crippen molar-refractivity contribution in [3.05, 3.63) is 23.3 Å². The molecule has 3 aromatic heterocycles. The number of hydrogen-bond donors (Lipinski definition) is 2. The monoisotopic (exact) mass is 294 g/mol. The highest BCUT2D eigenvalue weighted by Crippen LogP contribution is 2.38. The lowest BCUT2D eigenvalue weighted by Gasteiger charge is -2.02. The van der Waals surface area contributed by atoms with Gasteiger partial charge in [-0.2, -0.15) is 9.36 Å². The second-order valence-corrected chi connectivity index (χ2v) is 5.40. The normalized spacial score (nSPS) is 10.8. The minimum absolute atomic E-state index is 0.454. The lowest BCUT2D eigenvalue weighted by molar-refractivity contribution is 0.411. The Morgan fingerprint density at radius 1 is 1.47 bits per heavy atom. The van der Waals surface area contributed by atoms with Crippen molar-refractivity contribution in [1.29, 1.82) is 0 Å². The molecular weight excluding hydrogens is 284 g/mol. The highest BCUT2D eigenvalue weighted by molar-refractivity contribution is 7.15. The van der Waals surface area contributed by atoms with Crippen molar-refractivity contribution in [2.24, 2.45) is 0 Å². The number of aryl methyl sites for hydroxylation is 1. The number of rotatable bonds is 4. The van der Waals surface area contributed by atoms with Crippen LogP contribution in [0.5, 0.6) is 0 Å². The molecule has 0 saturated heterocycles. The van der Waals surface area contributed by atoms with E-state index in [2.05, 4.69) is 29.3 Å². The molecule has 0 aliphatic carbocycles. The van der Waals surface area contributed by atoms with Crippen molar-refractivity contribution in [2.45, 2.75) is 13.5 Å². The zero-order chi connectivity index (χ0) is 13.2. The van der Waals surface area contributed by atoms with E-state index in [1.54, 1.807) is 11.3 Å². The second kappa shape index (κ2) is 4.94. The molecule has 0 radical (unpaired) electrons. The van der Waals surface area contributed by atoms with Gasteiger partial charge in [-0.3, -0.25) is 0 Å². The van der Waals surface area contributed by atoms with Crippen molar-refractivity contribution in [1.82, 2.24) is 19.5 Å². The fraction of sp³-hybridized carbons (Fsp3) is 0.200. The molecule has 0 fully saturated rings. The first kappa shape index (κ1) is 12.1. The Morgan fingerprint density at radius 3 is 3.05 bits per heavy atom. The van der Waals surface area contributed by atoms with Crippen LogP contribution in [-0.2, 0) is 6.54 Å². The van der Waals surface area contributed by atoms with Gasteiger partial charge in [0.15, 0.2) is 5.82 Å². The average Bonchev–Trinajstić information content (AvgIpc) is 3.08. The lowest BCUT2D eigenvalue weighted by atomic mass is 10.3. The van der Waals surface area contributed by atoms with E-state index in [0.29, 0.717) is 18.2 Å². The van der Waals surface area contributed by atoms with Crippen LogP contribution in [0.2, 0.25) is 0 Å². The molecule has 0 aliphatic rings. The molecule has 3 rings (SSSR count). The van der Waals surface area contributed by atoms with Gasteiger partial charge in [-0.25, -0.2) is 4.98 Å². The van der Waals surface area contributed by atoms with Crippen LogP contribution in [0.15, 0.2) is 16.3 Å². The Morgan fingerprint density at radius 2 is 2.37 bits per heavy atom. The van der Waals surface area contributed by atoms with Crippen molar-refractivity contribution in [2.75, 3.05) is 11.1 Å². The van der Waals surface area contributed by atoms with Gasteiger partial charge >= 0.3 is 0 Å². The Kier molecular flexibility index (Phi) is 3.13. The van der Waals surface area contributed by atoms with Crippen molar-refractivity contribution in [3.8, 4) is 10.6 Å². The number of thiazole rings is 1. The van der Waals surface area contributed by atoms with E-state index in [1.165, 1.54) is 17.9 Å². The van der Waals surface area contributed by atoms with Crippen LogP contribution in [0.3, 0.4) is 0 Å². The number of nitrogens with two attached hydrogens (primary N) is 1. The quantitative estimate of drug-likeness (QED) is 0.760. The molecule has 98 valence electrons. The van der Waals surface area contributed by atoms with Crippen molar-refractivity contribution < 1.29 is 4.52 Å². The van der Waals surface area contributed by atoms with Gasteiger partial charge in [-0.15, -0.1) is 11.3 Å². The van der Waals surface area contributed by atoms with E-state index >= 15 is 0 Å². The van der Waals surface area contributed by atoms with Gasteiger partial charge < -0.3 is 15.6 Å². The largest absolute Gasteiger partial charge is 0.382 e. The molecule has 9 heteroatoms. The molecule has 0 spiro atoms. The van der Waals surface area contributed by atoms with Crippen LogP contribution < -0.4 is 11.1 Å². The summed E-state index contributed by atoms with van der Waals surface area (Å²) >= 11 is 2.84. The van der Waals surface area contributed by atoms with Crippen LogP contribution in [0.25, 0.3) is 10.6 Å². The number of hydrogen-bond acceptors (Lipinski definition) is 9.